The van der Waals surface area contributed by atoms with Crippen LogP contribution in [0.5, 0.6) is 34.5 Å². The van der Waals surface area contributed by atoms with Crippen LogP contribution in [0.2, 0.25) is 0 Å². The van der Waals surface area contributed by atoms with Gasteiger partial charge in [-0.2, -0.15) is 0 Å². The highest BCUT2D eigenvalue weighted by Gasteiger charge is 2.54. The number of nitrogens with zero attached hydrogens (tertiary/aromatic N) is 4. The molecule has 39 heteroatoms. The van der Waals surface area contributed by atoms with E-state index in [4.69, 9.17) is 91.5 Å². The highest BCUT2D eigenvalue weighted by molar-refractivity contribution is 7.49. The third-order valence-corrected chi connectivity index (χ3v) is 26.6. The Bertz CT molecular complexity index is 4320. The lowest BCUT2D eigenvalue weighted by molar-refractivity contribution is -0.891. The van der Waals surface area contributed by atoms with E-state index in [0.29, 0.717) is 63.3 Å². The fourth-order valence-electron chi connectivity index (χ4n) is 12.1. The molecule has 5 atom stereocenters. The molecule has 630 valence electrons. The van der Waals surface area contributed by atoms with Crippen molar-refractivity contribution in [1.29, 1.82) is 0 Å². The van der Waals surface area contributed by atoms with Crippen molar-refractivity contribution in [2.75, 3.05) is 232 Å². The largest absolute Gasteiger partial charge is 0.508 e. The summed E-state index contributed by atoms with van der Waals surface area (Å²) in [5.74, 6) is -0.149. The van der Waals surface area contributed by atoms with E-state index in [-0.39, 0.29) is 122 Å². The van der Waals surface area contributed by atoms with Crippen LogP contribution in [0.1, 0.15) is 54.1 Å². The number of methoxy groups -OCH3 is 2. The van der Waals surface area contributed by atoms with E-state index in [2.05, 4.69) is 5.32 Å². The molecular weight excluding hydrogens is 1590 g/mol. The van der Waals surface area contributed by atoms with Crippen LogP contribution in [-0.4, -0.2) is 278 Å². The number of phosphoric acid groups is 5. The van der Waals surface area contributed by atoms with Gasteiger partial charge >= 0.3 is 45.1 Å². The summed E-state index contributed by atoms with van der Waals surface area (Å²) in [5, 5.41) is 23.6. The number of phosphoric ester groups is 5. The minimum Gasteiger partial charge on any atom is -0.508 e. The summed E-state index contributed by atoms with van der Waals surface area (Å²) in [6, 6.07) is 38.4. The van der Waals surface area contributed by atoms with Gasteiger partial charge in [0.15, 0.2) is 5.60 Å². The molecule has 0 fully saturated rings. The van der Waals surface area contributed by atoms with E-state index in [0.717, 1.165) is 30.9 Å². The molecule has 6 aromatic carbocycles. The molecule has 2 aliphatic heterocycles. The quantitative estimate of drug-likeness (QED) is 0.0138. The second-order valence-corrected chi connectivity index (χ2v) is 38.0. The summed E-state index contributed by atoms with van der Waals surface area (Å²) in [6.07, 6.45) is -1.50. The van der Waals surface area contributed by atoms with E-state index in [1.54, 1.807) is 40.4 Å². The number of hydrogen-bond donors (Lipinski definition) is 3. The molecule has 0 saturated carbocycles. The summed E-state index contributed by atoms with van der Waals surface area (Å²) in [6.45, 7) is 0.666. The van der Waals surface area contributed by atoms with Gasteiger partial charge in [-0.05, 0) is 77.4 Å². The number of nitrogens with one attached hydrogen (secondary N) is 1. The molecule has 0 saturated heterocycles. The van der Waals surface area contributed by atoms with Crippen molar-refractivity contribution in [3.8, 4) is 34.5 Å². The Morgan fingerprint density at radius 2 is 0.798 bits per heavy atom. The lowest BCUT2D eigenvalue weighted by Gasteiger charge is -2.37. The Balaban J connectivity index is 0.881. The Morgan fingerprint density at radius 3 is 1.19 bits per heavy atom. The molecule has 2 aliphatic rings. The first kappa shape index (κ1) is 93.1. The first-order chi connectivity index (χ1) is 53.9. The van der Waals surface area contributed by atoms with Crippen LogP contribution in [-0.2, 0) is 111 Å². The number of benzene rings is 6. The van der Waals surface area contributed by atoms with Crippen molar-refractivity contribution < 1.29 is 152 Å². The maximum absolute atomic E-state index is 14.6. The van der Waals surface area contributed by atoms with E-state index < -0.39 is 81.4 Å². The van der Waals surface area contributed by atoms with E-state index in [1.807, 2.05) is 121 Å². The highest BCUT2D eigenvalue weighted by atomic mass is 31.2. The number of rotatable bonds is 51. The smallest absolute Gasteiger partial charge is 0.475 e. The van der Waals surface area contributed by atoms with Gasteiger partial charge in [-0.3, -0.25) is 72.7 Å². The number of ether oxygens (including phenoxy) is 5. The fourth-order valence-corrected chi connectivity index (χ4v) is 16.6. The van der Waals surface area contributed by atoms with Crippen molar-refractivity contribution in [3.63, 3.8) is 0 Å². The summed E-state index contributed by atoms with van der Waals surface area (Å²) in [5.41, 5.74) is 1.04. The highest BCUT2D eigenvalue weighted by Crippen LogP contribution is 2.58. The number of carbonyl (C=O) groups excluding carboxylic acids is 2. The topological polar surface area (TPSA) is 357 Å². The second kappa shape index (κ2) is 40.4. The van der Waals surface area contributed by atoms with Crippen molar-refractivity contribution in [1.82, 2.24) is 5.32 Å². The zero-order valence-corrected chi connectivity index (χ0v) is 71.9. The van der Waals surface area contributed by atoms with Crippen LogP contribution in [0.4, 0.5) is 0 Å². The van der Waals surface area contributed by atoms with Crippen LogP contribution in [0.15, 0.2) is 133 Å². The number of esters is 1. The molecule has 34 nitrogen and oxygen atoms in total. The van der Waals surface area contributed by atoms with Gasteiger partial charge in [0, 0.05) is 83.6 Å². The lowest BCUT2D eigenvalue weighted by Crippen LogP contribution is -2.46. The number of phenols is 2. The number of likely N-dealkylation sites (N-methyl/N-ethyl adjacent to an activating group) is 4. The van der Waals surface area contributed by atoms with Gasteiger partial charge < -0.3 is 57.1 Å². The maximum Gasteiger partial charge on any atom is 0.475 e. The fraction of sp³-hybridized carbons (Fsp3) is 0.493. The molecular formula is C75H110N5O29P5+4. The van der Waals surface area contributed by atoms with Gasteiger partial charge in [0.2, 0.25) is 0 Å². The Kier molecular flexibility index (Phi) is 33.0. The van der Waals surface area contributed by atoms with Crippen molar-refractivity contribution in [2.24, 2.45) is 0 Å². The van der Waals surface area contributed by atoms with E-state index >= 15 is 0 Å². The average Bonchev–Trinajstić information content (AvgIpc) is 1.14. The molecule has 0 aliphatic carbocycles. The first-order valence-electron chi connectivity index (χ1n) is 36.3. The average molecular weight is 1700 g/mol. The van der Waals surface area contributed by atoms with Gasteiger partial charge in [0.05, 0.1) is 89.4 Å². The lowest BCUT2D eigenvalue weighted by atomic mass is 9.77. The van der Waals surface area contributed by atoms with Crippen LogP contribution in [0.3, 0.4) is 0 Å². The predicted molar refractivity (Wildman–Crippen MR) is 419 cm³/mol. The standard InChI is InChI=1S/C75H107N5O29P5/c1-77(2,36-44-98-74(58-20-18-17-19-21-58,59-23-29-63(90-9)30-24-59)60-25-31-64(91-10)32-26-60)38-46-100-111(86,94-13)103-49-41-80(7,8)43-51-105-114(89,97-16)109-65(55-76-72(83)57-22-33-67-66(52-57)73(84)108-75(67)68-34-27-61(81)53-70(68)107-71-54-62(82)28-35-69(71)75)56-106-113(88,96-15)104-50-42-79(5,6)40-48-102-112(87,95-14)101-47-39-78(3,4)37-45-99-110(85,92-11)93-12/h17-35,52-54,65H,36-51,55-56H2,1-16H3/q+1/p+3. The number of phenolic OH excluding ortho intramolecular Hbond substituents is 2. The SMILES string of the molecule is COc1ccc(C(OCC[N+](C)(C)CCOP(=O)(OC)OCC[N+](C)(C)CCOP(=O)(OC)OC(CNC(=O)c2ccc3c(c2)C(=O)OC32c3ccc(O)cc3Oc3cc(O)ccc32)COP(=O)(OC)OCC[N+](C)(C)CCOP(=O)(OC)OCC[N+](C)(C)CCOP(=O)(OC)OC)(c2ccccc2)c2ccc(OC)cc2)cc1. The van der Waals surface area contributed by atoms with Crippen LogP contribution in [0, 0.1) is 0 Å². The molecule has 0 aromatic heterocycles. The normalized spacial score (nSPS) is 16.1. The molecule has 2 heterocycles. The third-order valence-electron chi connectivity index (χ3n) is 19.4. The van der Waals surface area contributed by atoms with Crippen LogP contribution in [0.25, 0.3) is 0 Å². The molecule has 8 rings (SSSR count). The zero-order chi connectivity index (χ0) is 83.4. The number of carbonyl (C=O) groups is 2. The molecule has 6 aromatic rings. The van der Waals surface area contributed by atoms with Gasteiger partial charge in [-0.15, -0.1) is 0 Å². The maximum atomic E-state index is 14.6. The van der Waals surface area contributed by atoms with Crippen molar-refractivity contribution >= 4 is 51.0 Å². The summed E-state index contributed by atoms with van der Waals surface area (Å²) < 4.78 is 182. The van der Waals surface area contributed by atoms with Crippen LogP contribution < -0.4 is 19.5 Å². The number of hydrogen-bond acceptors (Lipinski definition) is 29. The molecule has 114 heavy (non-hydrogen) atoms. The minimum atomic E-state index is -4.63. The summed E-state index contributed by atoms with van der Waals surface area (Å²) >= 11 is 0. The summed E-state index contributed by atoms with van der Waals surface area (Å²) in [7, 11) is 4.25. The van der Waals surface area contributed by atoms with Gasteiger partial charge in [-0.25, -0.2) is 27.6 Å². The monoisotopic (exact) mass is 1700 g/mol. The minimum absolute atomic E-state index is 0.00529. The zero-order valence-electron chi connectivity index (χ0n) is 67.4. The number of fused-ring (bicyclic) bond motifs is 6. The Morgan fingerprint density at radius 1 is 0.439 bits per heavy atom. The number of quaternary nitrogens is 4. The molecule has 0 radical (unpaired) electrons. The Labute approximate surface area is 666 Å². The number of amides is 1. The Hall–Kier alpha value is -6.39. The summed E-state index contributed by atoms with van der Waals surface area (Å²) in [4.78, 5) is 28.3. The van der Waals surface area contributed by atoms with Gasteiger partial charge in [0.25, 0.3) is 5.91 Å². The van der Waals surface area contributed by atoms with E-state index in [1.165, 1.54) is 70.9 Å². The predicted octanol–water partition coefficient (Wildman–Crippen LogP) is 11.7. The first-order valence-corrected chi connectivity index (χ1v) is 43.6. The number of aromatic hydroxyl groups is 2. The second-order valence-electron chi connectivity index (χ2n) is 29.1. The van der Waals surface area contributed by atoms with Crippen molar-refractivity contribution in [2.45, 2.75) is 17.3 Å². The van der Waals surface area contributed by atoms with Crippen LogP contribution >= 0.6 is 39.1 Å². The molecule has 1 amide bonds. The molecule has 3 N–H and O–H groups in total. The third kappa shape index (κ3) is 24.9. The molecule has 5 unspecified atom stereocenters. The van der Waals surface area contributed by atoms with Gasteiger partial charge in [-0.1, -0.05) is 60.7 Å². The molecule has 0 bridgehead atoms. The van der Waals surface area contributed by atoms with Crippen molar-refractivity contribution in [3.05, 3.63) is 178 Å². The van der Waals surface area contributed by atoms with Gasteiger partial charge in [0.1, 0.15) is 145 Å². The molecule has 1 spiro atoms. The van der Waals surface area contributed by atoms with E-state index in [9.17, 15) is 42.6 Å².